The van der Waals surface area contributed by atoms with E-state index in [1.807, 2.05) is 50.2 Å². The minimum Gasteiger partial charge on any atom is -0.497 e. The average molecular weight is 550 g/mol. The second kappa shape index (κ2) is 10.7. The Bertz CT molecular complexity index is 1680. The van der Waals surface area contributed by atoms with Crippen molar-refractivity contribution in [2.45, 2.75) is 26.5 Å². The SMILES string of the molecule is COc1ccc(OC)c(Cn2c(OC(=O)O)c(-c3ccc4nsnc4c3)c3cc(OC)c(OC(C)C)cc32)c1. The summed E-state index contributed by atoms with van der Waals surface area (Å²) in [5.41, 5.74) is 4.17. The lowest BCUT2D eigenvalue weighted by molar-refractivity contribution is 0.141. The molecule has 0 unspecified atom stereocenters. The van der Waals surface area contributed by atoms with Crippen LogP contribution in [0.1, 0.15) is 19.4 Å². The van der Waals surface area contributed by atoms with Gasteiger partial charge in [-0.25, -0.2) is 4.79 Å². The molecule has 202 valence electrons. The molecule has 0 fully saturated rings. The van der Waals surface area contributed by atoms with Gasteiger partial charge < -0.3 is 33.4 Å². The van der Waals surface area contributed by atoms with Crippen molar-refractivity contribution in [3.05, 3.63) is 54.1 Å². The number of nitrogens with zero attached hydrogens (tertiary/aromatic N) is 3. The summed E-state index contributed by atoms with van der Waals surface area (Å²) in [6.07, 6.45) is -1.56. The van der Waals surface area contributed by atoms with Gasteiger partial charge >= 0.3 is 6.16 Å². The summed E-state index contributed by atoms with van der Waals surface area (Å²) >= 11 is 1.11. The molecule has 5 aromatic rings. The number of aromatic nitrogens is 3. The Morgan fingerprint density at radius 2 is 1.69 bits per heavy atom. The molecule has 0 aliphatic carbocycles. The quantitative estimate of drug-likeness (QED) is 0.214. The molecule has 2 aromatic heterocycles. The first-order valence-corrected chi connectivity index (χ1v) is 12.8. The maximum atomic E-state index is 12.0. The van der Waals surface area contributed by atoms with Gasteiger partial charge in [-0.3, -0.25) is 0 Å². The molecule has 3 aromatic carbocycles. The van der Waals surface area contributed by atoms with E-state index in [1.165, 1.54) is 0 Å². The van der Waals surface area contributed by atoms with E-state index >= 15 is 0 Å². The number of ether oxygens (including phenoxy) is 5. The van der Waals surface area contributed by atoms with E-state index < -0.39 is 6.16 Å². The smallest absolute Gasteiger partial charge is 0.497 e. The third-order valence-corrected chi connectivity index (χ3v) is 6.76. The first-order valence-electron chi connectivity index (χ1n) is 12.1. The predicted octanol–water partition coefficient (Wildman–Crippen LogP) is 6.23. The zero-order valence-electron chi connectivity index (χ0n) is 22.0. The lowest BCUT2D eigenvalue weighted by Crippen LogP contribution is -2.11. The number of hydrogen-bond acceptors (Lipinski definition) is 9. The van der Waals surface area contributed by atoms with Crippen molar-refractivity contribution in [1.82, 2.24) is 13.3 Å². The van der Waals surface area contributed by atoms with Crippen molar-refractivity contribution >= 4 is 39.8 Å². The highest BCUT2D eigenvalue weighted by Crippen LogP contribution is 2.46. The Kier molecular flexibility index (Phi) is 7.16. The number of benzene rings is 3. The van der Waals surface area contributed by atoms with Crippen molar-refractivity contribution in [3.63, 3.8) is 0 Å². The normalized spacial score (nSPS) is 11.2. The molecule has 0 spiro atoms. The molecular formula is C28H27N3O7S. The molecule has 0 atom stereocenters. The molecule has 39 heavy (non-hydrogen) atoms. The second-order valence-electron chi connectivity index (χ2n) is 8.97. The van der Waals surface area contributed by atoms with Crippen LogP contribution in [-0.4, -0.2) is 52.0 Å². The lowest BCUT2D eigenvalue weighted by Gasteiger charge is -2.16. The molecule has 0 saturated carbocycles. The highest BCUT2D eigenvalue weighted by Gasteiger charge is 2.26. The molecule has 5 rings (SSSR count). The summed E-state index contributed by atoms with van der Waals surface area (Å²) in [4.78, 5) is 12.0. The zero-order chi connectivity index (χ0) is 27.7. The average Bonchev–Trinajstić information content (AvgIpc) is 3.49. The van der Waals surface area contributed by atoms with Gasteiger partial charge in [-0.1, -0.05) is 6.07 Å². The van der Waals surface area contributed by atoms with E-state index in [1.54, 1.807) is 38.0 Å². The molecule has 0 aliphatic rings. The molecule has 0 radical (unpaired) electrons. The molecular weight excluding hydrogens is 522 g/mol. The minimum absolute atomic E-state index is 0.118. The predicted molar refractivity (Wildman–Crippen MR) is 148 cm³/mol. The molecule has 0 amide bonds. The van der Waals surface area contributed by atoms with Crippen molar-refractivity contribution in [2.24, 2.45) is 0 Å². The Labute approximate surface area is 228 Å². The van der Waals surface area contributed by atoms with Crippen LogP contribution in [0.25, 0.3) is 33.1 Å². The summed E-state index contributed by atoms with van der Waals surface area (Å²) in [6.45, 7) is 4.06. The number of hydrogen-bond donors (Lipinski definition) is 1. The van der Waals surface area contributed by atoms with E-state index in [0.29, 0.717) is 50.5 Å². The summed E-state index contributed by atoms with van der Waals surface area (Å²) in [5.74, 6) is 2.40. The second-order valence-corrected chi connectivity index (χ2v) is 9.50. The zero-order valence-corrected chi connectivity index (χ0v) is 22.9. The number of carboxylic acid groups (broad SMARTS) is 1. The monoisotopic (exact) mass is 549 g/mol. The van der Waals surface area contributed by atoms with Gasteiger partial charge in [0.1, 0.15) is 22.5 Å². The fourth-order valence-electron chi connectivity index (χ4n) is 4.58. The van der Waals surface area contributed by atoms with Crippen molar-refractivity contribution in [1.29, 1.82) is 0 Å². The standard InChI is InChI=1S/C28H27N3O7S/c1-15(2)37-25-13-22-19(12-24(25)36-5)26(16-6-8-20-21(11-16)30-39-29-20)27(38-28(32)33)31(22)14-17-10-18(34-3)7-9-23(17)35-4/h6-13,15H,14H2,1-5H3,(H,32,33). The maximum absolute atomic E-state index is 12.0. The van der Waals surface area contributed by atoms with Crippen LogP contribution in [0.15, 0.2) is 48.5 Å². The van der Waals surface area contributed by atoms with E-state index in [9.17, 15) is 9.90 Å². The Balaban J connectivity index is 1.84. The molecule has 10 nitrogen and oxygen atoms in total. The van der Waals surface area contributed by atoms with Crippen LogP contribution >= 0.6 is 11.7 Å². The first-order chi connectivity index (χ1) is 18.8. The third-order valence-electron chi connectivity index (χ3n) is 6.21. The van der Waals surface area contributed by atoms with E-state index in [-0.39, 0.29) is 18.5 Å². The molecule has 0 saturated heterocycles. The van der Waals surface area contributed by atoms with Crippen LogP contribution in [0, 0.1) is 0 Å². The molecule has 11 heteroatoms. The maximum Gasteiger partial charge on any atom is 0.512 e. The topological polar surface area (TPSA) is 114 Å². The van der Waals surface area contributed by atoms with Gasteiger partial charge in [0.05, 0.1) is 56.8 Å². The van der Waals surface area contributed by atoms with Crippen LogP contribution < -0.4 is 23.7 Å². The first kappa shape index (κ1) is 26.1. The van der Waals surface area contributed by atoms with Crippen molar-refractivity contribution in [3.8, 4) is 40.0 Å². The van der Waals surface area contributed by atoms with Crippen LogP contribution in [-0.2, 0) is 6.54 Å². The number of methoxy groups -OCH3 is 3. The number of carbonyl (C=O) groups is 1. The minimum atomic E-state index is -1.44. The molecule has 2 heterocycles. The van der Waals surface area contributed by atoms with E-state index in [0.717, 1.165) is 22.8 Å². The molecule has 1 N–H and O–H groups in total. The fourth-order valence-corrected chi connectivity index (χ4v) is 5.09. The Hall–Kier alpha value is -4.51. The van der Waals surface area contributed by atoms with Gasteiger partial charge in [-0.15, -0.1) is 0 Å². The fraction of sp³-hybridized carbons (Fsp3) is 0.250. The number of rotatable bonds is 9. The summed E-state index contributed by atoms with van der Waals surface area (Å²) in [6, 6.07) is 14.7. The summed E-state index contributed by atoms with van der Waals surface area (Å²) < 4.78 is 38.7. The van der Waals surface area contributed by atoms with Crippen LogP contribution in [0.5, 0.6) is 28.9 Å². The van der Waals surface area contributed by atoms with Gasteiger partial charge in [0.2, 0.25) is 5.88 Å². The Morgan fingerprint density at radius 3 is 2.38 bits per heavy atom. The van der Waals surface area contributed by atoms with Crippen LogP contribution in [0.3, 0.4) is 0 Å². The third kappa shape index (κ3) is 5.00. The molecule has 0 aliphatic heterocycles. The van der Waals surface area contributed by atoms with E-state index in [4.69, 9.17) is 23.7 Å². The van der Waals surface area contributed by atoms with Gasteiger partial charge in [0, 0.05) is 17.0 Å². The van der Waals surface area contributed by atoms with Gasteiger partial charge in [-0.2, -0.15) is 8.75 Å². The Morgan fingerprint density at radius 1 is 0.923 bits per heavy atom. The van der Waals surface area contributed by atoms with Crippen LogP contribution in [0.2, 0.25) is 0 Å². The molecule has 0 bridgehead atoms. The van der Waals surface area contributed by atoms with Gasteiger partial charge in [0.25, 0.3) is 0 Å². The highest BCUT2D eigenvalue weighted by molar-refractivity contribution is 7.00. The summed E-state index contributed by atoms with van der Waals surface area (Å²) in [7, 11) is 4.72. The van der Waals surface area contributed by atoms with Gasteiger partial charge in [-0.05, 0) is 55.8 Å². The van der Waals surface area contributed by atoms with Crippen molar-refractivity contribution < 1.29 is 33.6 Å². The van der Waals surface area contributed by atoms with Crippen molar-refractivity contribution in [2.75, 3.05) is 21.3 Å². The highest BCUT2D eigenvalue weighted by atomic mass is 32.1. The lowest BCUT2D eigenvalue weighted by atomic mass is 10.0. The largest absolute Gasteiger partial charge is 0.512 e. The van der Waals surface area contributed by atoms with Gasteiger partial charge in [0.15, 0.2) is 11.5 Å². The van der Waals surface area contributed by atoms with Crippen LogP contribution in [0.4, 0.5) is 4.79 Å². The summed E-state index contributed by atoms with van der Waals surface area (Å²) in [5, 5.41) is 10.5. The van der Waals surface area contributed by atoms with E-state index in [2.05, 4.69) is 8.75 Å². The number of fused-ring (bicyclic) bond motifs is 2.